The fraction of sp³-hybridized carbons (Fsp3) is 0.227. The summed E-state index contributed by atoms with van der Waals surface area (Å²) in [5, 5.41) is 0. The average molecular weight is 418 g/mol. The number of para-hydroxylation sites is 1. The summed E-state index contributed by atoms with van der Waals surface area (Å²) in [6, 6.07) is 14.2. The standard InChI is InChI=1S/C22H18F4N2O2/c23-17-6-1-2-7-18(17)27-10-12-28(13-11-27)21(29)20-9-8-19(30-20)15-4-3-5-16(14-15)22(24,25)26/h1-9,14H,10-13H2. The number of benzene rings is 2. The Morgan fingerprint density at radius 3 is 2.33 bits per heavy atom. The van der Waals surface area contributed by atoms with Gasteiger partial charge in [0.05, 0.1) is 11.3 Å². The van der Waals surface area contributed by atoms with Crippen LogP contribution in [0.25, 0.3) is 11.3 Å². The molecule has 1 fully saturated rings. The van der Waals surface area contributed by atoms with Crippen LogP contribution in [0.1, 0.15) is 16.1 Å². The zero-order valence-electron chi connectivity index (χ0n) is 15.8. The van der Waals surface area contributed by atoms with Crippen LogP contribution in [0.3, 0.4) is 0 Å². The highest BCUT2D eigenvalue weighted by Crippen LogP contribution is 2.33. The molecule has 4 nitrogen and oxygen atoms in total. The van der Waals surface area contributed by atoms with Gasteiger partial charge in [-0.1, -0.05) is 24.3 Å². The normalized spacial score (nSPS) is 14.8. The quantitative estimate of drug-likeness (QED) is 0.558. The van der Waals surface area contributed by atoms with Gasteiger partial charge >= 0.3 is 6.18 Å². The average Bonchev–Trinajstić information content (AvgIpc) is 3.24. The lowest BCUT2D eigenvalue weighted by molar-refractivity contribution is -0.137. The Balaban J connectivity index is 1.45. The number of amides is 1. The highest BCUT2D eigenvalue weighted by atomic mass is 19.4. The van der Waals surface area contributed by atoms with Crippen molar-refractivity contribution in [1.29, 1.82) is 0 Å². The lowest BCUT2D eigenvalue weighted by atomic mass is 10.1. The van der Waals surface area contributed by atoms with Gasteiger partial charge in [-0.25, -0.2) is 4.39 Å². The number of hydrogen-bond acceptors (Lipinski definition) is 3. The molecule has 1 aliphatic rings. The third kappa shape index (κ3) is 4.03. The fourth-order valence-electron chi connectivity index (χ4n) is 3.47. The van der Waals surface area contributed by atoms with Gasteiger partial charge in [0.15, 0.2) is 5.76 Å². The zero-order valence-corrected chi connectivity index (χ0v) is 15.8. The highest BCUT2D eigenvalue weighted by Gasteiger charge is 2.31. The summed E-state index contributed by atoms with van der Waals surface area (Å²) in [5.41, 5.74) is -0.0452. The SMILES string of the molecule is O=C(c1ccc(-c2cccc(C(F)(F)F)c2)o1)N1CCN(c2ccccc2F)CC1. The highest BCUT2D eigenvalue weighted by molar-refractivity contribution is 5.92. The molecule has 0 radical (unpaired) electrons. The van der Waals surface area contributed by atoms with E-state index >= 15 is 0 Å². The predicted octanol–water partition coefficient (Wildman–Crippen LogP) is 5.07. The van der Waals surface area contributed by atoms with Crippen molar-refractivity contribution in [2.75, 3.05) is 31.1 Å². The lowest BCUT2D eigenvalue weighted by Gasteiger charge is -2.35. The number of anilines is 1. The third-order valence-electron chi connectivity index (χ3n) is 5.05. The smallest absolute Gasteiger partial charge is 0.416 e. The molecule has 2 heterocycles. The maximum atomic E-state index is 14.0. The van der Waals surface area contributed by atoms with Crippen LogP contribution >= 0.6 is 0 Å². The van der Waals surface area contributed by atoms with Gasteiger partial charge in [-0.15, -0.1) is 0 Å². The van der Waals surface area contributed by atoms with Crippen LogP contribution in [-0.4, -0.2) is 37.0 Å². The van der Waals surface area contributed by atoms with Crippen LogP contribution in [0.2, 0.25) is 0 Å². The van der Waals surface area contributed by atoms with E-state index in [1.165, 1.54) is 30.3 Å². The first-order chi connectivity index (χ1) is 14.3. The van der Waals surface area contributed by atoms with Crippen LogP contribution in [0.15, 0.2) is 65.1 Å². The Labute approximate surface area is 170 Å². The van der Waals surface area contributed by atoms with Gasteiger partial charge in [0.25, 0.3) is 5.91 Å². The molecule has 1 saturated heterocycles. The molecule has 3 aromatic rings. The summed E-state index contributed by atoms with van der Waals surface area (Å²) < 4.78 is 58.3. The monoisotopic (exact) mass is 418 g/mol. The van der Waals surface area contributed by atoms with Gasteiger partial charge in [0.2, 0.25) is 0 Å². The molecule has 8 heteroatoms. The number of hydrogen-bond donors (Lipinski definition) is 0. The number of halogens is 4. The maximum absolute atomic E-state index is 14.0. The van der Waals surface area contributed by atoms with E-state index in [4.69, 9.17) is 4.42 Å². The molecule has 0 bridgehead atoms. The van der Waals surface area contributed by atoms with Crippen molar-refractivity contribution < 1.29 is 26.8 Å². The molecule has 1 aliphatic heterocycles. The van der Waals surface area contributed by atoms with Crippen molar-refractivity contribution in [3.8, 4) is 11.3 Å². The second-order valence-electron chi connectivity index (χ2n) is 6.97. The number of nitrogens with zero attached hydrogens (tertiary/aromatic N) is 2. The summed E-state index contributed by atoms with van der Waals surface area (Å²) in [5.74, 6) is -0.411. The van der Waals surface area contributed by atoms with E-state index in [0.29, 0.717) is 31.9 Å². The number of furan rings is 1. The third-order valence-corrected chi connectivity index (χ3v) is 5.05. The number of rotatable bonds is 3. The molecule has 0 aliphatic carbocycles. The Morgan fingerprint density at radius 1 is 0.900 bits per heavy atom. The summed E-state index contributed by atoms with van der Waals surface area (Å²) in [4.78, 5) is 16.2. The Hall–Kier alpha value is -3.29. The molecule has 30 heavy (non-hydrogen) atoms. The molecule has 156 valence electrons. The summed E-state index contributed by atoms with van der Waals surface area (Å²) in [6.07, 6.45) is -4.46. The molecule has 0 N–H and O–H groups in total. The largest absolute Gasteiger partial charge is 0.451 e. The van der Waals surface area contributed by atoms with Gasteiger partial charge in [0.1, 0.15) is 11.6 Å². The van der Waals surface area contributed by atoms with E-state index in [-0.39, 0.29) is 28.8 Å². The lowest BCUT2D eigenvalue weighted by Crippen LogP contribution is -2.49. The first-order valence-electron chi connectivity index (χ1n) is 9.39. The molecular formula is C22H18F4N2O2. The minimum absolute atomic E-state index is 0.0572. The van der Waals surface area contributed by atoms with Crippen LogP contribution in [0, 0.1) is 5.82 Å². The minimum Gasteiger partial charge on any atom is -0.451 e. The maximum Gasteiger partial charge on any atom is 0.416 e. The molecule has 0 spiro atoms. The summed E-state index contributed by atoms with van der Waals surface area (Å²) >= 11 is 0. The summed E-state index contributed by atoms with van der Waals surface area (Å²) in [7, 11) is 0. The number of alkyl halides is 3. The van der Waals surface area contributed by atoms with Gasteiger partial charge in [-0.05, 0) is 36.4 Å². The Kier molecular flexibility index (Phi) is 5.24. The molecule has 1 amide bonds. The van der Waals surface area contributed by atoms with Crippen molar-refractivity contribution in [1.82, 2.24) is 4.90 Å². The second kappa shape index (κ2) is 7.85. The van der Waals surface area contributed by atoms with E-state index in [2.05, 4.69) is 0 Å². The van der Waals surface area contributed by atoms with Crippen molar-refractivity contribution >= 4 is 11.6 Å². The molecule has 0 saturated carbocycles. The van der Waals surface area contributed by atoms with Crippen LogP contribution in [-0.2, 0) is 6.18 Å². The molecule has 1 aromatic heterocycles. The number of carbonyl (C=O) groups excluding carboxylic acids is 1. The van der Waals surface area contributed by atoms with Gasteiger partial charge in [-0.2, -0.15) is 13.2 Å². The first-order valence-corrected chi connectivity index (χ1v) is 9.39. The van der Waals surface area contributed by atoms with E-state index in [9.17, 15) is 22.4 Å². The molecule has 2 aromatic carbocycles. The van der Waals surface area contributed by atoms with Gasteiger partial charge in [-0.3, -0.25) is 4.79 Å². The zero-order chi connectivity index (χ0) is 21.3. The Bertz CT molecular complexity index is 1050. The van der Waals surface area contributed by atoms with Crippen molar-refractivity contribution in [2.24, 2.45) is 0 Å². The van der Waals surface area contributed by atoms with E-state index in [0.717, 1.165) is 12.1 Å². The van der Waals surface area contributed by atoms with Crippen molar-refractivity contribution in [3.05, 3.63) is 77.8 Å². The second-order valence-corrected chi connectivity index (χ2v) is 6.97. The Morgan fingerprint density at radius 2 is 1.63 bits per heavy atom. The van der Waals surface area contributed by atoms with Crippen molar-refractivity contribution in [3.63, 3.8) is 0 Å². The predicted molar refractivity (Wildman–Crippen MR) is 104 cm³/mol. The number of piperazine rings is 1. The van der Waals surface area contributed by atoms with Crippen LogP contribution in [0.4, 0.5) is 23.2 Å². The molecule has 0 atom stereocenters. The van der Waals surface area contributed by atoms with E-state index in [1.807, 2.05) is 4.90 Å². The van der Waals surface area contributed by atoms with E-state index in [1.54, 1.807) is 23.1 Å². The first kappa shape index (κ1) is 20.0. The van der Waals surface area contributed by atoms with Gasteiger partial charge in [0, 0.05) is 31.7 Å². The molecule has 0 unspecified atom stereocenters. The topological polar surface area (TPSA) is 36.7 Å². The molecule has 4 rings (SSSR count). The summed E-state index contributed by atoms with van der Waals surface area (Å²) in [6.45, 7) is 1.70. The van der Waals surface area contributed by atoms with Gasteiger partial charge < -0.3 is 14.2 Å². The van der Waals surface area contributed by atoms with Crippen molar-refractivity contribution in [2.45, 2.75) is 6.18 Å². The van der Waals surface area contributed by atoms with Crippen LogP contribution in [0.5, 0.6) is 0 Å². The fourth-order valence-corrected chi connectivity index (χ4v) is 3.47. The van der Waals surface area contributed by atoms with E-state index < -0.39 is 11.7 Å². The van der Waals surface area contributed by atoms with Crippen LogP contribution < -0.4 is 4.90 Å². The number of carbonyl (C=O) groups is 1. The minimum atomic E-state index is -4.46. The molecular weight excluding hydrogens is 400 g/mol.